The van der Waals surface area contributed by atoms with Crippen molar-refractivity contribution >= 4 is 12.4 Å². The van der Waals surface area contributed by atoms with Gasteiger partial charge in [-0.15, -0.1) is 0 Å². The summed E-state index contributed by atoms with van der Waals surface area (Å²) in [4.78, 5) is 30.9. The number of methoxy groups -OCH3 is 1. The highest BCUT2D eigenvalue weighted by Gasteiger charge is 2.39. The Balaban J connectivity index is 0.000000595. The van der Waals surface area contributed by atoms with Crippen molar-refractivity contribution in [1.82, 2.24) is 20.2 Å². The summed E-state index contributed by atoms with van der Waals surface area (Å²) in [6, 6.07) is 0. The van der Waals surface area contributed by atoms with Crippen LogP contribution in [0.3, 0.4) is 0 Å². The van der Waals surface area contributed by atoms with Gasteiger partial charge in [-0.2, -0.15) is 4.98 Å². The maximum Gasteiger partial charge on any atom is 0.290 e. The van der Waals surface area contributed by atoms with Gasteiger partial charge in [-0.05, 0) is 6.92 Å². The fourth-order valence-corrected chi connectivity index (χ4v) is 2.62. The van der Waals surface area contributed by atoms with Gasteiger partial charge in [0, 0.05) is 13.1 Å². The fourth-order valence-electron chi connectivity index (χ4n) is 2.62. The van der Waals surface area contributed by atoms with Gasteiger partial charge >= 0.3 is 0 Å². The minimum absolute atomic E-state index is 0.0632. The van der Waals surface area contributed by atoms with Crippen molar-refractivity contribution in [3.8, 4) is 5.88 Å². The molecule has 0 saturated carbocycles. The van der Waals surface area contributed by atoms with Crippen LogP contribution < -0.4 is 10.1 Å². The van der Waals surface area contributed by atoms with Crippen LogP contribution in [0.2, 0.25) is 0 Å². The quantitative estimate of drug-likeness (QED) is 0.609. The number of carbonyl (C=O) groups excluding carboxylic acids is 1. The monoisotopic (exact) mass is 324 g/mol. The first-order valence-electron chi connectivity index (χ1n) is 7.11. The molecular weight excluding hydrogens is 304 g/mol. The number of carboxylic acid groups (broad SMARTS) is 1. The molecule has 1 fully saturated rings. The van der Waals surface area contributed by atoms with E-state index in [1.54, 1.807) is 18.9 Å². The Morgan fingerprint density at radius 3 is 2.61 bits per heavy atom. The van der Waals surface area contributed by atoms with Crippen LogP contribution in [0.15, 0.2) is 0 Å². The van der Waals surface area contributed by atoms with Crippen molar-refractivity contribution in [3.05, 3.63) is 17.1 Å². The molecule has 2 aliphatic rings. The van der Waals surface area contributed by atoms with E-state index in [0.29, 0.717) is 37.9 Å². The summed E-state index contributed by atoms with van der Waals surface area (Å²) < 4.78 is 5.25. The van der Waals surface area contributed by atoms with Crippen molar-refractivity contribution in [1.29, 1.82) is 0 Å². The number of aliphatic hydroxyl groups is 1. The molecular formula is C14H20N4O5. The molecule has 0 aliphatic carbocycles. The Morgan fingerprint density at radius 2 is 2.09 bits per heavy atom. The van der Waals surface area contributed by atoms with Gasteiger partial charge in [0.15, 0.2) is 0 Å². The smallest absolute Gasteiger partial charge is 0.290 e. The SMILES string of the molecule is COc1nc(C)nc2c1CN(C(=O)CC1(O)CNC1)C2.O=CO. The van der Waals surface area contributed by atoms with Gasteiger partial charge in [0.05, 0.1) is 43.5 Å². The van der Waals surface area contributed by atoms with Gasteiger partial charge in [-0.3, -0.25) is 9.59 Å². The normalized spacial score (nSPS) is 17.4. The van der Waals surface area contributed by atoms with Crippen molar-refractivity contribution in [3.63, 3.8) is 0 Å². The average molecular weight is 324 g/mol. The number of amides is 1. The second-order valence-electron chi connectivity index (χ2n) is 5.57. The first-order valence-corrected chi connectivity index (χ1v) is 7.11. The molecule has 1 aromatic heterocycles. The number of fused-ring (bicyclic) bond motifs is 1. The molecule has 0 spiro atoms. The van der Waals surface area contributed by atoms with Gasteiger partial charge < -0.3 is 25.2 Å². The summed E-state index contributed by atoms with van der Waals surface area (Å²) in [6.07, 6.45) is 0.142. The molecule has 3 heterocycles. The summed E-state index contributed by atoms with van der Waals surface area (Å²) in [5.74, 6) is 1.11. The molecule has 0 unspecified atom stereocenters. The first-order chi connectivity index (χ1) is 10.9. The lowest BCUT2D eigenvalue weighted by Gasteiger charge is -2.37. The number of nitrogens with one attached hydrogen (secondary N) is 1. The van der Waals surface area contributed by atoms with E-state index in [2.05, 4.69) is 15.3 Å². The number of carbonyl (C=O) groups is 2. The third-order valence-electron chi connectivity index (χ3n) is 3.79. The lowest BCUT2D eigenvalue weighted by Crippen LogP contribution is -2.61. The molecule has 0 radical (unpaired) electrons. The third kappa shape index (κ3) is 3.74. The van der Waals surface area contributed by atoms with Gasteiger partial charge in [-0.25, -0.2) is 4.98 Å². The molecule has 1 aromatic rings. The van der Waals surface area contributed by atoms with E-state index in [0.717, 1.165) is 11.3 Å². The highest BCUT2D eigenvalue weighted by atomic mass is 16.5. The van der Waals surface area contributed by atoms with Crippen LogP contribution in [0.5, 0.6) is 5.88 Å². The minimum atomic E-state index is -0.891. The summed E-state index contributed by atoms with van der Waals surface area (Å²) in [5.41, 5.74) is 0.809. The van der Waals surface area contributed by atoms with Crippen molar-refractivity contribution in [2.24, 2.45) is 0 Å². The van der Waals surface area contributed by atoms with Gasteiger partial charge in [0.1, 0.15) is 5.82 Å². The first kappa shape index (κ1) is 17.1. The number of rotatable bonds is 3. The van der Waals surface area contributed by atoms with E-state index in [9.17, 15) is 9.90 Å². The lowest BCUT2D eigenvalue weighted by atomic mass is 9.92. The van der Waals surface area contributed by atoms with Gasteiger partial charge in [-0.1, -0.05) is 0 Å². The predicted octanol–water partition coefficient (Wildman–Crippen LogP) is -0.939. The molecule has 0 bridgehead atoms. The van der Waals surface area contributed by atoms with Gasteiger partial charge in [0.25, 0.3) is 6.47 Å². The van der Waals surface area contributed by atoms with Gasteiger partial charge in [0.2, 0.25) is 11.8 Å². The molecule has 9 nitrogen and oxygen atoms in total. The molecule has 1 saturated heterocycles. The molecule has 9 heteroatoms. The molecule has 23 heavy (non-hydrogen) atoms. The van der Waals surface area contributed by atoms with Crippen LogP contribution in [-0.2, 0) is 22.7 Å². The second kappa shape index (κ2) is 6.88. The standard InChI is InChI=1S/C13H18N4O3.CH2O2/c1-8-15-10-5-17(4-9(10)12(16-8)20-2)11(18)3-13(19)6-14-7-13;2-1-3/h14,19H,3-7H2,1-2H3;1H,(H,2,3). The predicted molar refractivity (Wildman–Crippen MR) is 78.7 cm³/mol. The number of nitrogens with zero attached hydrogens (tertiary/aromatic N) is 3. The van der Waals surface area contributed by atoms with Crippen LogP contribution in [0.1, 0.15) is 23.5 Å². The van der Waals surface area contributed by atoms with Crippen LogP contribution in [0, 0.1) is 6.92 Å². The Kier molecular flexibility index (Phi) is 5.12. The number of β-amino-alcohol motifs (C(OH)–C–C–N with tert-alkyl or cyclic N) is 1. The van der Waals surface area contributed by atoms with E-state index in [-0.39, 0.29) is 18.8 Å². The highest BCUT2D eigenvalue weighted by molar-refractivity contribution is 5.78. The lowest BCUT2D eigenvalue weighted by molar-refractivity contribution is -0.139. The maximum absolute atomic E-state index is 12.3. The largest absolute Gasteiger partial charge is 0.483 e. The average Bonchev–Trinajstić information content (AvgIpc) is 2.89. The van der Waals surface area contributed by atoms with E-state index in [4.69, 9.17) is 14.6 Å². The molecule has 2 aliphatic heterocycles. The summed E-state index contributed by atoms with van der Waals surface area (Å²) >= 11 is 0. The molecule has 1 amide bonds. The van der Waals surface area contributed by atoms with Crippen LogP contribution in [0.4, 0.5) is 0 Å². The molecule has 0 aromatic carbocycles. The molecule has 126 valence electrons. The summed E-state index contributed by atoms with van der Waals surface area (Å²) in [7, 11) is 1.56. The van der Waals surface area contributed by atoms with Crippen LogP contribution in [-0.4, -0.2) is 63.3 Å². The van der Waals surface area contributed by atoms with E-state index >= 15 is 0 Å². The third-order valence-corrected chi connectivity index (χ3v) is 3.79. The molecule has 0 atom stereocenters. The number of ether oxygens (including phenoxy) is 1. The zero-order valence-corrected chi connectivity index (χ0v) is 13.1. The number of hydrogen-bond acceptors (Lipinski definition) is 7. The second-order valence-corrected chi connectivity index (χ2v) is 5.57. The Morgan fingerprint density at radius 1 is 1.43 bits per heavy atom. The topological polar surface area (TPSA) is 125 Å². The summed E-state index contributed by atoms with van der Waals surface area (Å²) in [5, 5.41) is 19.9. The van der Waals surface area contributed by atoms with Crippen molar-refractivity contribution < 1.29 is 24.5 Å². The van der Waals surface area contributed by atoms with E-state index < -0.39 is 5.60 Å². The highest BCUT2D eigenvalue weighted by Crippen LogP contribution is 2.29. The van der Waals surface area contributed by atoms with Crippen molar-refractivity contribution in [2.75, 3.05) is 20.2 Å². The fraction of sp³-hybridized carbons (Fsp3) is 0.571. The summed E-state index contributed by atoms with van der Waals surface area (Å²) in [6.45, 7) is 3.40. The van der Waals surface area contributed by atoms with Crippen molar-refractivity contribution in [2.45, 2.75) is 32.0 Å². The number of hydrogen-bond donors (Lipinski definition) is 3. The van der Waals surface area contributed by atoms with Crippen LogP contribution >= 0.6 is 0 Å². The van der Waals surface area contributed by atoms with E-state index in [1.165, 1.54) is 0 Å². The Labute approximate surface area is 133 Å². The maximum atomic E-state index is 12.3. The Bertz CT molecular complexity index is 603. The number of aryl methyl sites for hydroxylation is 1. The minimum Gasteiger partial charge on any atom is -0.483 e. The molecule has 3 rings (SSSR count). The zero-order valence-electron chi connectivity index (χ0n) is 13.1. The van der Waals surface area contributed by atoms with E-state index in [1.807, 2.05) is 0 Å². The number of aromatic nitrogens is 2. The zero-order chi connectivity index (χ0) is 17.0. The Hall–Kier alpha value is -2.26. The van der Waals surface area contributed by atoms with Crippen LogP contribution in [0.25, 0.3) is 0 Å². The molecule has 3 N–H and O–H groups in total.